The second kappa shape index (κ2) is 8.70. The maximum Gasteiger partial charge on any atom is 0.300 e. The van der Waals surface area contributed by atoms with Gasteiger partial charge in [-0.25, -0.2) is 0 Å². The van der Waals surface area contributed by atoms with Crippen LogP contribution in [0.2, 0.25) is 0 Å². The van der Waals surface area contributed by atoms with Crippen molar-refractivity contribution in [3.63, 3.8) is 0 Å². The lowest BCUT2D eigenvalue weighted by atomic mass is 10.9. The van der Waals surface area contributed by atoms with E-state index in [1.54, 1.807) is 0 Å². The zero-order valence-corrected chi connectivity index (χ0v) is 7.68. The van der Waals surface area contributed by atoms with Crippen molar-refractivity contribution < 1.29 is 14.5 Å². The fraction of sp³-hybridized carbons (Fsp3) is 0.833. The third-order valence-corrected chi connectivity index (χ3v) is 2.37. The number of aliphatic carboxylic acids is 1. The van der Waals surface area contributed by atoms with Crippen LogP contribution in [0.3, 0.4) is 0 Å². The highest BCUT2D eigenvalue weighted by Gasteiger charge is 1.84. The minimum absolute atomic E-state index is 0.833. The third kappa shape index (κ3) is 25.2. The van der Waals surface area contributed by atoms with Gasteiger partial charge < -0.3 is 9.67 Å². The largest absolute Gasteiger partial charge is 0.481 e. The highest BCUT2D eigenvalue weighted by molar-refractivity contribution is 7.44. The van der Waals surface area contributed by atoms with Crippen LogP contribution in [0.15, 0.2) is 0 Å². The van der Waals surface area contributed by atoms with Crippen molar-refractivity contribution in [3.05, 3.63) is 0 Å². The first kappa shape index (κ1) is 12.4. The summed E-state index contributed by atoms with van der Waals surface area (Å²) >= 11 is 0. The molecule has 0 aromatic carbocycles. The normalized spacial score (nSPS) is 8.40. The molecule has 0 bridgehead atoms. The SMILES string of the molecule is CC(=O)O.CC[PH](=O)CC. The Labute approximate surface area is 62.2 Å². The molecule has 0 spiro atoms. The van der Waals surface area contributed by atoms with Gasteiger partial charge in [-0.1, -0.05) is 13.8 Å². The minimum atomic E-state index is -1.12. The molecule has 4 heteroatoms. The van der Waals surface area contributed by atoms with E-state index in [2.05, 4.69) is 0 Å². The van der Waals surface area contributed by atoms with E-state index in [0.717, 1.165) is 19.2 Å². The van der Waals surface area contributed by atoms with E-state index in [1.807, 2.05) is 13.8 Å². The van der Waals surface area contributed by atoms with Crippen molar-refractivity contribution in [1.82, 2.24) is 0 Å². The van der Waals surface area contributed by atoms with Crippen LogP contribution in [-0.4, -0.2) is 23.4 Å². The monoisotopic (exact) mass is 166 g/mol. The van der Waals surface area contributed by atoms with E-state index in [-0.39, 0.29) is 0 Å². The smallest absolute Gasteiger partial charge is 0.300 e. The summed E-state index contributed by atoms with van der Waals surface area (Å²) in [5.74, 6) is -0.833. The number of carboxylic acids is 1. The molecule has 0 unspecified atom stereocenters. The van der Waals surface area contributed by atoms with Gasteiger partial charge >= 0.3 is 0 Å². The van der Waals surface area contributed by atoms with Crippen LogP contribution in [0.5, 0.6) is 0 Å². The van der Waals surface area contributed by atoms with Crippen molar-refractivity contribution in [3.8, 4) is 0 Å². The van der Waals surface area contributed by atoms with Gasteiger partial charge in [-0.2, -0.15) is 0 Å². The standard InChI is InChI=1S/C4H11OP.C2H4O2/c1-3-6(5)4-2;1-2(3)4/h6H,3-4H2,1-2H3;1H3,(H,3,4). The van der Waals surface area contributed by atoms with Crippen LogP contribution in [0, 0.1) is 0 Å². The lowest BCUT2D eigenvalue weighted by molar-refractivity contribution is -0.134. The Morgan fingerprint density at radius 3 is 1.60 bits per heavy atom. The van der Waals surface area contributed by atoms with Crippen molar-refractivity contribution in [1.29, 1.82) is 0 Å². The molecule has 62 valence electrons. The van der Waals surface area contributed by atoms with Crippen molar-refractivity contribution in [2.24, 2.45) is 0 Å². The van der Waals surface area contributed by atoms with Gasteiger partial charge in [-0.05, 0) is 12.3 Å². The Kier molecular flexibility index (Phi) is 10.8. The van der Waals surface area contributed by atoms with Gasteiger partial charge in [0.05, 0.1) is 7.80 Å². The highest BCUT2D eigenvalue weighted by atomic mass is 31.1. The average molecular weight is 166 g/mol. The predicted molar refractivity (Wildman–Crippen MR) is 43.4 cm³/mol. The Morgan fingerprint density at radius 1 is 1.40 bits per heavy atom. The first-order valence-electron chi connectivity index (χ1n) is 3.25. The molecule has 0 radical (unpaired) electrons. The summed E-state index contributed by atoms with van der Waals surface area (Å²) in [5.41, 5.74) is 0. The topological polar surface area (TPSA) is 54.4 Å². The zero-order chi connectivity index (χ0) is 8.57. The first-order valence-corrected chi connectivity index (χ1v) is 5.08. The molecule has 1 N–H and O–H groups in total. The number of rotatable bonds is 2. The number of carbonyl (C=O) groups is 1. The number of hydrogen-bond donors (Lipinski definition) is 1. The Morgan fingerprint density at radius 2 is 1.60 bits per heavy atom. The van der Waals surface area contributed by atoms with Gasteiger partial charge in [0.25, 0.3) is 5.97 Å². The summed E-state index contributed by atoms with van der Waals surface area (Å²) in [6, 6.07) is 0. The molecule has 0 aliphatic heterocycles. The average Bonchev–Trinajstić information content (AvgIpc) is 1.85. The lowest BCUT2D eigenvalue weighted by Crippen LogP contribution is -1.78. The summed E-state index contributed by atoms with van der Waals surface area (Å²) in [5, 5.41) is 7.42. The first-order chi connectivity index (χ1) is 4.54. The van der Waals surface area contributed by atoms with Crippen LogP contribution >= 0.6 is 7.80 Å². The van der Waals surface area contributed by atoms with Gasteiger partial charge in [0.15, 0.2) is 0 Å². The van der Waals surface area contributed by atoms with Crippen LogP contribution in [0.4, 0.5) is 0 Å². The molecule has 0 saturated carbocycles. The van der Waals surface area contributed by atoms with Gasteiger partial charge in [0, 0.05) is 6.92 Å². The summed E-state index contributed by atoms with van der Waals surface area (Å²) in [4.78, 5) is 9.00. The van der Waals surface area contributed by atoms with Crippen LogP contribution < -0.4 is 0 Å². The Hall–Kier alpha value is -0.300. The Bertz CT molecular complexity index is 102. The summed E-state index contributed by atoms with van der Waals surface area (Å²) in [6.07, 6.45) is 1.75. The molecule has 0 heterocycles. The molecular weight excluding hydrogens is 151 g/mol. The molecular formula is C6H15O3P. The van der Waals surface area contributed by atoms with Crippen molar-refractivity contribution in [2.45, 2.75) is 20.8 Å². The fourth-order valence-corrected chi connectivity index (χ4v) is 0.750. The molecule has 0 aliphatic carbocycles. The van der Waals surface area contributed by atoms with E-state index in [4.69, 9.17) is 9.90 Å². The van der Waals surface area contributed by atoms with Crippen LogP contribution in [-0.2, 0) is 9.36 Å². The van der Waals surface area contributed by atoms with Crippen LogP contribution in [0.1, 0.15) is 20.8 Å². The fourth-order valence-electron chi connectivity index (χ4n) is 0.250. The van der Waals surface area contributed by atoms with E-state index < -0.39 is 13.8 Å². The molecule has 0 aromatic heterocycles. The Balaban J connectivity index is 0. The van der Waals surface area contributed by atoms with Gasteiger partial charge in [-0.15, -0.1) is 0 Å². The van der Waals surface area contributed by atoms with Crippen molar-refractivity contribution in [2.75, 3.05) is 12.3 Å². The molecule has 0 aliphatic rings. The molecule has 0 fully saturated rings. The molecule has 0 atom stereocenters. The van der Waals surface area contributed by atoms with Crippen LogP contribution in [0.25, 0.3) is 0 Å². The highest BCUT2D eigenvalue weighted by Crippen LogP contribution is 2.16. The maximum atomic E-state index is 10.4. The molecule has 3 nitrogen and oxygen atoms in total. The molecule has 0 saturated heterocycles. The predicted octanol–water partition coefficient (Wildman–Crippen LogP) is 1.68. The molecule has 0 rings (SSSR count). The third-order valence-electron chi connectivity index (χ3n) is 0.789. The van der Waals surface area contributed by atoms with E-state index in [1.165, 1.54) is 0 Å². The van der Waals surface area contributed by atoms with E-state index >= 15 is 0 Å². The molecule has 0 aromatic rings. The lowest BCUT2D eigenvalue weighted by Gasteiger charge is -1.83. The summed E-state index contributed by atoms with van der Waals surface area (Å²) < 4.78 is 10.4. The van der Waals surface area contributed by atoms with Gasteiger partial charge in [-0.3, -0.25) is 4.79 Å². The quantitative estimate of drug-likeness (QED) is 0.635. The van der Waals surface area contributed by atoms with E-state index in [9.17, 15) is 4.57 Å². The second-order valence-corrected chi connectivity index (χ2v) is 4.26. The number of hydrogen-bond acceptors (Lipinski definition) is 2. The number of carboxylic acid groups (broad SMARTS) is 1. The van der Waals surface area contributed by atoms with Crippen molar-refractivity contribution >= 4 is 13.8 Å². The zero-order valence-electron chi connectivity index (χ0n) is 6.68. The minimum Gasteiger partial charge on any atom is -0.481 e. The van der Waals surface area contributed by atoms with E-state index in [0.29, 0.717) is 0 Å². The van der Waals surface area contributed by atoms with Gasteiger partial charge in [0.1, 0.15) is 0 Å². The van der Waals surface area contributed by atoms with Gasteiger partial charge in [0.2, 0.25) is 0 Å². The molecule has 10 heavy (non-hydrogen) atoms. The summed E-state index contributed by atoms with van der Waals surface area (Å²) in [6.45, 7) is 5.01. The maximum absolute atomic E-state index is 10.4. The molecule has 0 amide bonds. The second-order valence-electron chi connectivity index (χ2n) is 1.76. The summed E-state index contributed by atoms with van der Waals surface area (Å²) in [7, 11) is -1.12.